The van der Waals surface area contributed by atoms with Crippen molar-refractivity contribution in [1.82, 2.24) is 10.2 Å². The highest BCUT2D eigenvalue weighted by Crippen LogP contribution is 2.45. The minimum Gasteiger partial charge on any atom is -0.492 e. The van der Waals surface area contributed by atoms with Gasteiger partial charge in [0, 0.05) is 47.0 Å². The SMILES string of the molecule is COc1c(OCCN(C)CCCc2ccccc2)cccc1[C@H]1O[C@H](CC(=O)NCc2ccccc2F)C(=O)N(CC(C)(C)C)c2ccc(Cl)cc21.Cl. The van der Waals surface area contributed by atoms with Gasteiger partial charge in [-0.25, -0.2) is 4.39 Å². The molecule has 0 aliphatic carbocycles. The summed E-state index contributed by atoms with van der Waals surface area (Å²) in [7, 11) is 3.65. The van der Waals surface area contributed by atoms with Crippen LogP contribution in [-0.2, 0) is 27.3 Å². The lowest BCUT2D eigenvalue weighted by atomic mass is 9.94. The second-order valence-corrected chi connectivity index (χ2v) is 14.8. The minimum atomic E-state index is -1.17. The third-order valence-electron chi connectivity index (χ3n) is 8.92. The molecular weight excluding hydrogens is 716 g/mol. The Labute approximate surface area is 324 Å². The molecule has 0 saturated carbocycles. The van der Waals surface area contributed by atoms with Gasteiger partial charge in [0.15, 0.2) is 11.5 Å². The van der Waals surface area contributed by atoms with Crippen molar-refractivity contribution in [2.24, 2.45) is 5.41 Å². The lowest BCUT2D eigenvalue weighted by molar-refractivity contribution is -0.138. The normalized spacial score (nSPS) is 15.7. The van der Waals surface area contributed by atoms with E-state index < -0.39 is 23.9 Å². The van der Waals surface area contributed by atoms with Crippen LogP contribution in [0.4, 0.5) is 10.1 Å². The van der Waals surface area contributed by atoms with Crippen molar-refractivity contribution in [3.63, 3.8) is 0 Å². The van der Waals surface area contributed by atoms with Crippen molar-refractivity contribution in [2.75, 3.05) is 45.3 Å². The van der Waals surface area contributed by atoms with Crippen molar-refractivity contribution < 1.29 is 28.2 Å². The predicted molar refractivity (Wildman–Crippen MR) is 211 cm³/mol. The third kappa shape index (κ3) is 11.4. The lowest BCUT2D eigenvalue weighted by Gasteiger charge is -2.31. The Morgan fingerprint density at radius 1 is 0.981 bits per heavy atom. The summed E-state index contributed by atoms with van der Waals surface area (Å²) < 4.78 is 33.3. The molecule has 0 unspecified atom stereocenters. The van der Waals surface area contributed by atoms with Gasteiger partial charge >= 0.3 is 0 Å². The van der Waals surface area contributed by atoms with E-state index in [-0.39, 0.29) is 36.7 Å². The molecule has 4 aromatic carbocycles. The van der Waals surface area contributed by atoms with Gasteiger partial charge in [-0.3, -0.25) is 9.59 Å². The van der Waals surface area contributed by atoms with Crippen LogP contribution < -0.4 is 19.7 Å². The quantitative estimate of drug-likeness (QED) is 0.131. The molecule has 5 rings (SSSR count). The molecule has 53 heavy (non-hydrogen) atoms. The van der Waals surface area contributed by atoms with Crippen LogP contribution in [0, 0.1) is 11.2 Å². The zero-order chi connectivity index (χ0) is 37.3. The Morgan fingerprint density at radius 2 is 1.72 bits per heavy atom. The summed E-state index contributed by atoms with van der Waals surface area (Å²) in [4.78, 5) is 31.6. The van der Waals surface area contributed by atoms with Crippen LogP contribution >= 0.6 is 24.0 Å². The fourth-order valence-corrected chi connectivity index (χ4v) is 6.53. The fourth-order valence-electron chi connectivity index (χ4n) is 6.35. The van der Waals surface area contributed by atoms with Crippen LogP contribution in [-0.4, -0.2) is 63.2 Å². The van der Waals surface area contributed by atoms with Crippen molar-refractivity contribution in [3.05, 3.63) is 124 Å². The molecule has 0 radical (unpaired) electrons. The first kappa shape index (κ1) is 41.6. The molecule has 0 aromatic heterocycles. The van der Waals surface area contributed by atoms with E-state index in [1.54, 1.807) is 42.3 Å². The highest BCUT2D eigenvalue weighted by atomic mass is 35.5. The topological polar surface area (TPSA) is 80.3 Å². The first-order valence-electron chi connectivity index (χ1n) is 17.7. The molecule has 0 fully saturated rings. The predicted octanol–water partition coefficient (Wildman–Crippen LogP) is 8.43. The molecule has 4 aromatic rings. The second-order valence-electron chi connectivity index (χ2n) is 14.4. The number of fused-ring (bicyclic) bond motifs is 1. The molecule has 0 spiro atoms. The van der Waals surface area contributed by atoms with Crippen LogP contribution in [0.1, 0.15) is 62.0 Å². The average molecular weight is 767 g/mol. The highest BCUT2D eigenvalue weighted by Gasteiger charge is 2.40. The van der Waals surface area contributed by atoms with Crippen molar-refractivity contribution in [2.45, 2.75) is 58.8 Å². The first-order chi connectivity index (χ1) is 24.9. The summed E-state index contributed by atoms with van der Waals surface area (Å²) >= 11 is 6.59. The number of nitrogens with zero attached hydrogens (tertiary/aromatic N) is 2. The van der Waals surface area contributed by atoms with Crippen LogP contribution in [0.3, 0.4) is 0 Å². The largest absolute Gasteiger partial charge is 0.492 e. The monoisotopic (exact) mass is 765 g/mol. The van der Waals surface area contributed by atoms with Crippen LogP contribution in [0.5, 0.6) is 11.5 Å². The standard InChI is InChI=1S/C42H49ClFN3O5.ClH/c1-42(2,3)28-47-35-21-20-31(43)25-33(35)39(52-37(41(47)49)26-38(48)45-27-30-16-9-10-18-34(30)44)32-17-11-19-36(40(32)50-5)51-24-23-46(4)22-12-15-29-13-7-6-8-14-29;/h6-11,13-14,16-21,25,37,39H,12,15,22-24,26-28H2,1-5H3,(H,45,48);1H/t37-,39-;/m1./s1. The number of ether oxygens (including phenoxy) is 3. The molecule has 2 atom stereocenters. The minimum absolute atomic E-state index is 0. The van der Waals surface area contributed by atoms with E-state index in [9.17, 15) is 14.0 Å². The number of carbonyl (C=O) groups excluding carboxylic acids is 2. The highest BCUT2D eigenvalue weighted by molar-refractivity contribution is 6.30. The Bertz CT molecular complexity index is 1820. The number of anilines is 1. The zero-order valence-electron chi connectivity index (χ0n) is 31.1. The summed E-state index contributed by atoms with van der Waals surface area (Å²) in [6, 6.07) is 27.6. The van der Waals surface area contributed by atoms with Gasteiger partial charge in [0.25, 0.3) is 5.91 Å². The summed E-state index contributed by atoms with van der Waals surface area (Å²) in [5.74, 6) is -0.228. The van der Waals surface area contributed by atoms with E-state index in [4.69, 9.17) is 25.8 Å². The fraction of sp³-hybridized carbons (Fsp3) is 0.381. The van der Waals surface area contributed by atoms with E-state index in [2.05, 4.69) is 41.5 Å². The number of nitrogens with one attached hydrogen (secondary N) is 1. The summed E-state index contributed by atoms with van der Waals surface area (Å²) in [6.45, 7) is 8.53. The number of likely N-dealkylation sites (N-methyl/N-ethyl adjacent to an activating group) is 1. The summed E-state index contributed by atoms with van der Waals surface area (Å²) in [5.41, 5.74) is 3.30. The van der Waals surface area contributed by atoms with Crippen molar-refractivity contribution >= 4 is 41.5 Å². The number of para-hydroxylation sites is 1. The van der Waals surface area contributed by atoms with E-state index in [1.165, 1.54) is 11.6 Å². The molecule has 0 bridgehead atoms. The van der Waals surface area contributed by atoms with Crippen LogP contribution in [0.25, 0.3) is 0 Å². The van der Waals surface area contributed by atoms with Gasteiger partial charge in [-0.1, -0.05) is 93.0 Å². The number of halogens is 3. The zero-order valence-corrected chi connectivity index (χ0v) is 32.6. The maximum atomic E-state index is 14.4. The molecule has 1 N–H and O–H groups in total. The third-order valence-corrected chi connectivity index (χ3v) is 9.15. The average Bonchev–Trinajstić information content (AvgIpc) is 3.21. The van der Waals surface area contributed by atoms with Crippen LogP contribution in [0.2, 0.25) is 5.02 Å². The van der Waals surface area contributed by atoms with Gasteiger partial charge in [-0.15, -0.1) is 12.4 Å². The Kier molecular flexibility index (Phi) is 15.1. The molecule has 1 heterocycles. The molecule has 8 nitrogen and oxygen atoms in total. The maximum absolute atomic E-state index is 14.4. The van der Waals surface area contributed by atoms with Crippen LogP contribution in [0.15, 0.2) is 91.0 Å². The molecule has 2 amide bonds. The number of hydrogen-bond donors (Lipinski definition) is 1. The van der Waals surface area contributed by atoms with Crippen molar-refractivity contribution in [3.8, 4) is 11.5 Å². The Hall–Kier alpha value is -4.15. The number of hydrogen-bond acceptors (Lipinski definition) is 6. The molecular formula is C42H50Cl2FN3O5. The molecule has 1 aliphatic heterocycles. The number of carbonyl (C=O) groups is 2. The van der Waals surface area contributed by atoms with Crippen molar-refractivity contribution in [1.29, 1.82) is 0 Å². The van der Waals surface area contributed by atoms with E-state index in [0.29, 0.717) is 58.6 Å². The van der Waals surface area contributed by atoms with E-state index in [0.717, 1.165) is 19.4 Å². The first-order valence-corrected chi connectivity index (χ1v) is 18.1. The summed E-state index contributed by atoms with van der Waals surface area (Å²) in [6.07, 6.45) is -0.239. The molecule has 0 saturated heterocycles. The summed E-state index contributed by atoms with van der Waals surface area (Å²) in [5, 5.41) is 3.23. The Balaban J connectivity index is 0.00000627. The number of amides is 2. The number of methoxy groups -OCH3 is 1. The van der Waals surface area contributed by atoms with Gasteiger partial charge < -0.3 is 29.3 Å². The van der Waals surface area contributed by atoms with Gasteiger partial charge in [0.1, 0.15) is 24.6 Å². The lowest BCUT2D eigenvalue weighted by Crippen LogP contribution is -2.45. The molecule has 11 heteroatoms. The van der Waals surface area contributed by atoms with E-state index in [1.807, 2.05) is 51.1 Å². The Morgan fingerprint density at radius 3 is 2.43 bits per heavy atom. The second kappa shape index (κ2) is 19.3. The molecule has 284 valence electrons. The van der Waals surface area contributed by atoms with Gasteiger partial charge in [0.05, 0.1) is 13.5 Å². The van der Waals surface area contributed by atoms with E-state index >= 15 is 0 Å². The number of rotatable bonds is 15. The number of aryl methyl sites for hydroxylation is 1. The number of benzene rings is 4. The van der Waals surface area contributed by atoms with Gasteiger partial charge in [0.2, 0.25) is 5.91 Å². The van der Waals surface area contributed by atoms with Gasteiger partial charge in [-0.05, 0) is 67.7 Å². The van der Waals surface area contributed by atoms with Gasteiger partial charge in [-0.2, -0.15) is 0 Å². The maximum Gasteiger partial charge on any atom is 0.256 e. The smallest absolute Gasteiger partial charge is 0.256 e. The molecule has 1 aliphatic rings.